The largest absolute Gasteiger partial charge is 0.388 e. The van der Waals surface area contributed by atoms with Gasteiger partial charge in [-0.25, -0.2) is 0 Å². The highest BCUT2D eigenvalue weighted by atomic mass is 16.3. The van der Waals surface area contributed by atoms with Gasteiger partial charge in [0.15, 0.2) is 0 Å². The Labute approximate surface area is 196 Å². The number of hydrogen-bond donors (Lipinski definition) is 4. The van der Waals surface area contributed by atoms with E-state index in [0.717, 1.165) is 5.56 Å². The smallest absolute Gasteiger partial charge is 0.230 e. The van der Waals surface area contributed by atoms with Gasteiger partial charge in [-0.15, -0.1) is 0 Å². The third-order valence-corrected chi connectivity index (χ3v) is 8.16. The van der Waals surface area contributed by atoms with Crippen LogP contribution in [0.1, 0.15) is 39.2 Å². The Balaban J connectivity index is 1.85. The summed E-state index contributed by atoms with van der Waals surface area (Å²) in [6.45, 7) is 10.00. The van der Waals surface area contributed by atoms with Crippen molar-refractivity contribution in [3.8, 4) is 0 Å². The lowest BCUT2D eigenvalue weighted by Crippen LogP contribution is -2.59. The van der Waals surface area contributed by atoms with Gasteiger partial charge in [-0.2, -0.15) is 0 Å². The normalized spacial score (nSPS) is 45.3. The predicted molar refractivity (Wildman–Crippen MR) is 129 cm³/mol. The van der Waals surface area contributed by atoms with Crippen molar-refractivity contribution < 1.29 is 20.1 Å². The quantitative estimate of drug-likeness (QED) is 0.520. The minimum absolute atomic E-state index is 0.176. The number of allylic oxidation sites excluding steroid dienone is 1. The minimum atomic E-state index is -1.25. The molecule has 1 spiro atoms. The Bertz CT molecular complexity index is 952. The van der Waals surface area contributed by atoms with Crippen molar-refractivity contribution >= 4 is 5.91 Å². The van der Waals surface area contributed by atoms with Crippen LogP contribution in [-0.2, 0) is 11.2 Å². The van der Waals surface area contributed by atoms with Crippen molar-refractivity contribution in [2.75, 3.05) is 0 Å². The molecule has 1 saturated heterocycles. The predicted octanol–water partition coefficient (Wildman–Crippen LogP) is 3.17. The lowest BCUT2D eigenvalue weighted by atomic mass is 9.51. The van der Waals surface area contributed by atoms with Gasteiger partial charge in [-0.05, 0) is 49.2 Å². The summed E-state index contributed by atoms with van der Waals surface area (Å²) in [7, 11) is 0. The number of nitrogens with one attached hydrogen (secondary N) is 1. The molecule has 33 heavy (non-hydrogen) atoms. The van der Waals surface area contributed by atoms with Gasteiger partial charge in [0.2, 0.25) is 5.91 Å². The summed E-state index contributed by atoms with van der Waals surface area (Å²) < 4.78 is 0. The summed E-state index contributed by atoms with van der Waals surface area (Å²) in [5.74, 6) is -1.09. The SMILES string of the molecule is C=C1[C@@H](C)[C@H]2[C@H](Cc3ccccc3)NC(=O)[C@]23[C@H](O)/C=C\[C@](C)(O)C[C@@H](C)C/C=C\[C@H]3[C@@H]1O. The van der Waals surface area contributed by atoms with Crippen LogP contribution in [0.3, 0.4) is 0 Å². The zero-order valence-corrected chi connectivity index (χ0v) is 19.8. The highest BCUT2D eigenvalue weighted by molar-refractivity contribution is 5.88. The van der Waals surface area contributed by atoms with Gasteiger partial charge in [-0.3, -0.25) is 4.79 Å². The molecule has 1 amide bonds. The molecular formula is C28H37NO4. The van der Waals surface area contributed by atoms with Crippen molar-refractivity contribution in [1.29, 1.82) is 0 Å². The molecule has 178 valence electrons. The monoisotopic (exact) mass is 451 g/mol. The number of benzene rings is 1. The molecule has 1 aromatic rings. The number of aliphatic hydroxyl groups is 3. The number of amides is 1. The van der Waals surface area contributed by atoms with Crippen molar-refractivity contribution in [3.05, 3.63) is 72.4 Å². The molecule has 4 N–H and O–H groups in total. The van der Waals surface area contributed by atoms with Gasteiger partial charge in [0.05, 0.1) is 23.2 Å². The molecule has 0 aromatic heterocycles. The molecule has 1 aliphatic heterocycles. The highest BCUT2D eigenvalue weighted by Crippen LogP contribution is 2.57. The van der Waals surface area contributed by atoms with Gasteiger partial charge in [0.25, 0.3) is 0 Å². The van der Waals surface area contributed by atoms with Crippen LogP contribution in [-0.4, -0.2) is 45.1 Å². The van der Waals surface area contributed by atoms with Gasteiger partial charge < -0.3 is 20.6 Å². The van der Waals surface area contributed by atoms with Crippen LogP contribution in [0.2, 0.25) is 0 Å². The minimum Gasteiger partial charge on any atom is -0.388 e. The number of carbonyl (C=O) groups is 1. The second-order valence-corrected chi connectivity index (χ2v) is 10.7. The van der Waals surface area contributed by atoms with Crippen LogP contribution in [0.25, 0.3) is 0 Å². The fraction of sp³-hybridized carbons (Fsp3) is 0.536. The molecule has 0 bridgehead atoms. The average Bonchev–Trinajstić information content (AvgIpc) is 3.04. The Morgan fingerprint density at radius 1 is 1.15 bits per heavy atom. The van der Waals surface area contributed by atoms with E-state index < -0.39 is 29.1 Å². The molecule has 2 fully saturated rings. The molecule has 1 heterocycles. The fourth-order valence-corrected chi connectivity index (χ4v) is 6.61. The summed E-state index contributed by atoms with van der Waals surface area (Å²) >= 11 is 0. The maximum absolute atomic E-state index is 13.8. The van der Waals surface area contributed by atoms with E-state index in [4.69, 9.17) is 0 Å². The Hall–Kier alpha value is -2.21. The van der Waals surface area contributed by atoms with Gasteiger partial charge in [-0.1, -0.05) is 75.1 Å². The molecular weight excluding hydrogens is 414 g/mol. The Morgan fingerprint density at radius 3 is 2.55 bits per heavy atom. The lowest BCUT2D eigenvalue weighted by Gasteiger charge is -2.51. The molecule has 1 saturated carbocycles. The van der Waals surface area contributed by atoms with Crippen molar-refractivity contribution in [2.45, 2.75) is 63.9 Å². The molecule has 0 radical (unpaired) electrons. The number of rotatable bonds is 2. The van der Waals surface area contributed by atoms with Crippen LogP contribution < -0.4 is 5.32 Å². The lowest BCUT2D eigenvalue weighted by molar-refractivity contribution is -0.147. The zero-order chi connectivity index (χ0) is 24.0. The number of hydrogen-bond acceptors (Lipinski definition) is 4. The van der Waals surface area contributed by atoms with Gasteiger partial charge >= 0.3 is 0 Å². The molecule has 4 rings (SSSR count). The van der Waals surface area contributed by atoms with Crippen molar-refractivity contribution in [2.24, 2.45) is 29.1 Å². The summed E-state index contributed by atoms with van der Waals surface area (Å²) in [6.07, 6.45) is 6.88. The molecule has 5 heteroatoms. The second kappa shape index (κ2) is 8.86. The standard InChI is InChI=1S/C28H37NO4/c1-17-9-8-12-21-25(31)19(3)18(2)24-22(15-20-10-6-5-7-11-20)29-26(32)28(21,24)23(30)13-14-27(4,33)16-17/h5-8,10-14,17-18,21-25,30-31,33H,3,9,15-16H2,1-2,4H3,(H,29,32)/b12-8-,14-13-/t17-,18+,21-,22-,23+,24-,25+,27-,28+/m0/s1. The van der Waals surface area contributed by atoms with Crippen LogP contribution in [0.5, 0.6) is 0 Å². The van der Waals surface area contributed by atoms with Crippen LogP contribution in [0.4, 0.5) is 0 Å². The molecule has 9 atom stereocenters. The van der Waals surface area contributed by atoms with E-state index >= 15 is 0 Å². The first kappa shape index (κ1) is 23.9. The molecule has 3 aliphatic rings. The van der Waals surface area contributed by atoms with Crippen LogP contribution in [0, 0.1) is 29.1 Å². The van der Waals surface area contributed by atoms with Gasteiger partial charge in [0, 0.05) is 17.9 Å². The fourth-order valence-electron chi connectivity index (χ4n) is 6.61. The van der Waals surface area contributed by atoms with Crippen molar-refractivity contribution in [1.82, 2.24) is 5.32 Å². The number of aliphatic hydroxyl groups excluding tert-OH is 2. The molecule has 5 nitrogen and oxygen atoms in total. The average molecular weight is 452 g/mol. The third kappa shape index (κ3) is 4.11. The molecule has 1 aromatic carbocycles. The summed E-state index contributed by atoms with van der Waals surface area (Å²) in [4.78, 5) is 13.8. The van der Waals surface area contributed by atoms with E-state index in [1.807, 2.05) is 49.4 Å². The van der Waals surface area contributed by atoms with Crippen LogP contribution >= 0.6 is 0 Å². The Kier molecular flexibility index (Phi) is 6.43. The summed E-state index contributed by atoms with van der Waals surface area (Å²) in [5.41, 5.74) is -0.544. The number of carbonyl (C=O) groups excluding carboxylic acids is 1. The second-order valence-electron chi connectivity index (χ2n) is 10.7. The molecule has 0 unspecified atom stereocenters. The van der Waals surface area contributed by atoms with E-state index in [1.165, 1.54) is 0 Å². The topological polar surface area (TPSA) is 89.8 Å². The molecule has 2 aliphatic carbocycles. The van der Waals surface area contributed by atoms with Crippen LogP contribution in [0.15, 0.2) is 66.8 Å². The Morgan fingerprint density at radius 2 is 1.85 bits per heavy atom. The zero-order valence-electron chi connectivity index (χ0n) is 19.8. The first-order chi connectivity index (χ1) is 15.6. The first-order valence-corrected chi connectivity index (χ1v) is 12.1. The van der Waals surface area contributed by atoms with Crippen molar-refractivity contribution in [3.63, 3.8) is 0 Å². The van der Waals surface area contributed by atoms with Gasteiger partial charge in [0.1, 0.15) is 0 Å². The van der Waals surface area contributed by atoms with E-state index in [1.54, 1.807) is 19.1 Å². The first-order valence-electron chi connectivity index (χ1n) is 12.1. The highest BCUT2D eigenvalue weighted by Gasteiger charge is 2.67. The maximum atomic E-state index is 13.8. The summed E-state index contributed by atoms with van der Waals surface area (Å²) in [5, 5.41) is 37.0. The van der Waals surface area contributed by atoms with E-state index in [9.17, 15) is 20.1 Å². The maximum Gasteiger partial charge on any atom is 0.230 e. The van der Waals surface area contributed by atoms with E-state index in [2.05, 4.69) is 18.8 Å². The summed E-state index contributed by atoms with van der Waals surface area (Å²) in [6, 6.07) is 9.80. The third-order valence-electron chi connectivity index (χ3n) is 8.16. The van der Waals surface area contributed by atoms with E-state index in [0.29, 0.717) is 24.8 Å². The van der Waals surface area contributed by atoms with E-state index in [-0.39, 0.29) is 29.7 Å².